The van der Waals surface area contributed by atoms with Gasteiger partial charge in [-0.3, -0.25) is 4.79 Å². The van der Waals surface area contributed by atoms with Crippen LogP contribution in [0.4, 0.5) is 27.9 Å². The highest BCUT2D eigenvalue weighted by atomic mass is 19.4. The van der Waals surface area contributed by atoms with Crippen LogP contribution >= 0.6 is 0 Å². The summed E-state index contributed by atoms with van der Waals surface area (Å²) in [6.07, 6.45) is -4.41. The molecule has 0 fully saturated rings. The largest absolute Gasteiger partial charge is 0.453 e. The summed E-state index contributed by atoms with van der Waals surface area (Å²) in [4.78, 5) is 17.0. The number of carbonyl (C=O) groups excluding carboxylic acids is 1. The molecular formula is C25H21F5N4O. The van der Waals surface area contributed by atoms with E-state index >= 15 is 0 Å². The summed E-state index contributed by atoms with van der Waals surface area (Å²) in [5, 5.41) is 6.40. The van der Waals surface area contributed by atoms with E-state index in [2.05, 4.69) is 29.2 Å². The van der Waals surface area contributed by atoms with Gasteiger partial charge in [0.05, 0.1) is 0 Å². The summed E-state index contributed by atoms with van der Waals surface area (Å²) >= 11 is 0. The zero-order valence-corrected chi connectivity index (χ0v) is 18.8. The molecule has 0 spiro atoms. The maximum Gasteiger partial charge on any atom is 0.453 e. The number of ketones is 1. The summed E-state index contributed by atoms with van der Waals surface area (Å²) < 4.78 is 69.2. The van der Waals surface area contributed by atoms with E-state index < -0.39 is 29.7 Å². The number of hydrogen-bond acceptors (Lipinski definition) is 4. The Morgan fingerprint density at radius 3 is 2.26 bits per heavy atom. The van der Waals surface area contributed by atoms with Crippen molar-refractivity contribution in [3.8, 4) is 0 Å². The second-order valence-electron chi connectivity index (χ2n) is 9.17. The normalized spacial score (nSPS) is 20.1. The molecule has 3 aromatic rings. The van der Waals surface area contributed by atoms with Crippen molar-refractivity contribution in [1.82, 2.24) is 14.8 Å². The van der Waals surface area contributed by atoms with Crippen LogP contribution < -0.4 is 5.32 Å². The minimum Gasteiger partial charge on any atom is -0.328 e. The Morgan fingerprint density at radius 1 is 1.00 bits per heavy atom. The molecule has 35 heavy (non-hydrogen) atoms. The summed E-state index contributed by atoms with van der Waals surface area (Å²) in [5.74, 6) is -3.68. The number of Topliss-reactive ketones (excluding diaryl/α,β-unsaturated/α-hetero) is 1. The van der Waals surface area contributed by atoms with E-state index in [0.717, 1.165) is 27.9 Å². The second kappa shape index (κ2) is 8.28. The number of hydrogen-bond donors (Lipinski definition) is 1. The number of aromatic nitrogens is 3. The van der Waals surface area contributed by atoms with E-state index in [4.69, 9.17) is 0 Å². The van der Waals surface area contributed by atoms with Crippen LogP contribution in [-0.2, 0) is 11.0 Å². The Hall–Kier alpha value is -3.56. The van der Waals surface area contributed by atoms with Gasteiger partial charge in [-0.05, 0) is 47.1 Å². The molecule has 2 atom stereocenters. The van der Waals surface area contributed by atoms with Crippen LogP contribution in [0.5, 0.6) is 0 Å². The Bertz CT molecular complexity index is 1320. The number of carbonyl (C=O) groups is 1. The highest BCUT2D eigenvalue weighted by molar-refractivity contribution is 6.00. The number of fused-ring (bicyclic) bond motifs is 1. The van der Waals surface area contributed by atoms with Crippen LogP contribution in [0.15, 0.2) is 53.7 Å². The zero-order valence-electron chi connectivity index (χ0n) is 18.8. The molecule has 1 aliphatic heterocycles. The minimum absolute atomic E-state index is 0.0236. The van der Waals surface area contributed by atoms with Gasteiger partial charge in [0.25, 0.3) is 5.82 Å². The van der Waals surface area contributed by atoms with Gasteiger partial charge >= 0.3 is 6.18 Å². The number of nitrogens with zero attached hydrogens (tertiary/aromatic N) is 3. The second-order valence-corrected chi connectivity index (χ2v) is 9.17. The van der Waals surface area contributed by atoms with Crippen LogP contribution in [-0.4, -0.2) is 20.5 Å². The van der Waals surface area contributed by atoms with Crippen LogP contribution in [0.1, 0.15) is 67.1 Å². The van der Waals surface area contributed by atoms with Crippen molar-refractivity contribution in [3.63, 3.8) is 0 Å². The third-order valence-corrected chi connectivity index (χ3v) is 6.45. The molecule has 10 heteroatoms. The lowest BCUT2D eigenvalue weighted by molar-refractivity contribution is -0.145. The standard InChI is InChI=1S/C25H21F5N4O/c1-12(2)13-3-5-14(6-4-13)15-9-19-21(20(35)10-15)22(16-7-17(26)11-18(27)8-16)34-24(31-19)32-23(33-34)25(28,29)30/h3-8,11-12,15,22H,9-10H2,1-2H3,(H,31,32,33). The predicted molar refractivity (Wildman–Crippen MR) is 118 cm³/mol. The molecule has 5 rings (SSSR count). The molecule has 0 radical (unpaired) electrons. The van der Waals surface area contributed by atoms with Crippen molar-refractivity contribution in [2.45, 2.75) is 50.7 Å². The summed E-state index contributed by atoms with van der Waals surface area (Å²) in [6, 6.07) is 9.28. The lowest BCUT2D eigenvalue weighted by atomic mass is 9.77. The molecular weight excluding hydrogens is 467 g/mol. The fourth-order valence-electron chi connectivity index (χ4n) is 4.76. The van der Waals surface area contributed by atoms with Gasteiger partial charge in [-0.25, -0.2) is 13.5 Å². The van der Waals surface area contributed by atoms with Crippen molar-refractivity contribution in [1.29, 1.82) is 0 Å². The molecule has 0 bridgehead atoms. The van der Waals surface area contributed by atoms with Gasteiger partial charge in [0.2, 0.25) is 5.95 Å². The monoisotopic (exact) mass is 488 g/mol. The quantitative estimate of drug-likeness (QED) is 0.452. The van der Waals surface area contributed by atoms with Crippen molar-refractivity contribution < 1.29 is 26.7 Å². The van der Waals surface area contributed by atoms with E-state index in [9.17, 15) is 26.7 Å². The first-order valence-electron chi connectivity index (χ1n) is 11.1. The van der Waals surface area contributed by atoms with Crippen molar-refractivity contribution in [2.24, 2.45) is 0 Å². The first-order valence-corrected chi connectivity index (χ1v) is 11.1. The molecule has 0 saturated heterocycles. The third kappa shape index (κ3) is 4.21. The van der Waals surface area contributed by atoms with Crippen LogP contribution in [0, 0.1) is 11.6 Å². The average molecular weight is 488 g/mol. The molecule has 1 aliphatic carbocycles. The molecule has 5 nitrogen and oxygen atoms in total. The Balaban J connectivity index is 1.60. The number of benzene rings is 2. The molecule has 1 N–H and O–H groups in total. The maximum atomic E-state index is 14.1. The molecule has 1 aromatic heterocycles. The average Bonchev–Trinajstić information content (AvgIpc) is 3.21. The van der Waals surface area contributed by atoms with E-state index in [1.165, 1.54) is 0 Å². The van der Waals surface area contributed by atoms with Crippen LogP contribution in [0.25, 0.3) is 0 Å². The fraction of sp³-hybridized carbons (Fsp3) is 0.320. The van der Waals surface area contributed by atoms with Gasteiger partial charge < -0.3 is 5.32 Å². The summed E-state index contributed by atoms with van der Waals surface area (Å²) in [5.41, 5.74) is 2.56. The molecule has 2 aromatic carbocycles. The summed E-state index contributed by atoms with van der Waals surface area (Å²) in [6.45, 7) is 4.14. The van der Waals surface area contributed by atoms with Crippen molar-refractivity contribution in [2.75, 3.05) is 5.32 Å². The van der Waals surface area contributed by atoms with Gasteiger partial charge in [-0.1, -0.05) is 38.1 Å². The minimum atomic E-state index is -4.84. The topological polar surface area (TPSA) is 59.8 Å². The zero-order chi connectivity index (χ0) is 25.1. The van der Waals surface area contributed by atoms with Gasteiger partial charge in [-0.2, -0.15) is 18.2 Å². The van der Waals surface area contributed by atoms with E-state index in [0.29, 0.717) is 24.1 Å². The first-order chi connectivity index (χ1) is 16.5. The molecule has 182 valence electrons. The fourth-order valence-corrected chi connectivity index (χ4v) is 4.76. The number of halogens is 5. The third-order valence-electron chi connectivity index (χ3n) is 6.45. The van der Waals surface area contributed by atoms with E-state index in [-0.39, 0.29) is 35.2 Å². The number of anilines is 1. The molecule has 0 amide bonds. The van der Waals surface area contributed by atoms with Crippen molar-refractivity contribution in [3.05, 3.63) is 87.9 Å². The molecule has 2 aliphatic rings. The maximum absolute atomic E-state index is 14.1. The molecule has 2 heterocycles. The van der Waals surface area contributed by atoms with Crippen molar-refractivity contribution >= 4 is 11.7 Å². The number of allylic oxidation sites excluding steroid dienone is 2. The predicted octanol–water partition coefficient (Wildman–Crippen LogP) is 6.11. The lowest BCUT2D eigenvalue weighted by Crippen LogP contribution is -2.33. The van der Waals surface area contributed by atoms with Gasteiger partial charge in [0.1, 0.15) is 17.7 Å². The van der Waals surface area contributed by atoms with Gasteiger partial charge in [0, 0.05) is 23.8 Å². The van der Waals surface area contributed by atoms with E-state index in [1.807, 2.05) is 24.3 Å². The highest BCUT2D eigenvalue weighted by Crippen LogP contribution is 2.45. The Kier molecular flexibility index (Phi) is 5.49. The lowest BCUT2D eigenvalue weighted by Gasteiger charge is -2.35. The van der Waals surface area contributed by atoms with Crippen LogP contribution in [0.3, 0.4) is 0 Å². The first kappa shape index (κ1) is 23.2. The Labute approximate surface area is 197 Å². The van der Waals surface area contributed by atoms with Crippen LogP contribution in [0.2, 0.25) is 0 Å². The number of nitrogens with one attached hydrogen (secondary N) is 1. The smallest absolute Gasteiger partial charge is 0.328 e. The number of alkyl halides is 3. The Morgan fingerprint density at radius 2 is 1.66 bits per heavy atom. The highest BCUT2D eigenvalue weighted by Gasteiger charge is 2.43. The van der Waals surface area contributed by atoms with Gasteiger partial charge in [0.15, 0.2) is 5.78 Å². The molecule has 2 unspecified atom stereocenters. The van der Waals surface area contributed by atoms with Gasteiger partial charge in [-0.15, -0.1) is 5.10 Å². The summed E-state index contributed by atoms with van der Waals surface area (Å²) in [7, 11) is 0. The molecule has 0 saturated carbocycles. The SMILES string of the molecule is CC(C)c1ccc(C2CC(=O)C3=C(C2)Nc2nc(C(F)(F)F)nn2C3c2cc(F)cc(F)c2)cc1. The van der Waals surface area contributed by atoms with E-state index in [1.54, 1.807) is 0 Å². The number of rotatable bonds is 3.